The minimum Gasteiger partial charge on any atom is -0.399 e. The Morgan fingerprint density at radius 3 is 3.11 bits per heavy atom. The number of rotatable bonds is 5. The van der Waals surface area contributed by atoms with E-state index < -0.39 is 0 Å². The molecule has 0 saturated heterocycles. The van der Waals surface area contributed by atoms with Gasteiger partial charge in [0.25, 0.3) is 5.91 Å². The molecule has 1 atom stereocenters. The van der Waals surface area contributed by atoms with Gasteiger partial charge in [-0.2, -0.15) is 16.9 Å². The monoisotopic (exact) mass is 278 g/mol. The molecule has 1 aromatic carbocycles. The van der Waals surface area contributed by atoms with Gasteiger partial charge in [-0.25, -0.2) is 0 Å². The summed E-state index contributed by atoms with van der Waals surface area (Å²) < 4.78 is 0. The Morgan fingerprint density at radius 1 is 1.58 bits per heavy atom. The number of nitrogens with two attached hydrogens (primary N) is 1. The number of hydrogen-bond acceptors (Lipinski definition) is 4. The molecule has 19 heavy (non-hydrogen) atoms. The quantitative estimate of drug-likeness (QED) is 0.731. The first-order valence-corrected chi connectivity index (χ1v) is 7.45. The van der Waals surface area contributed by atoms with Gasteiger partial charge in [-0.15, -0.1) is 0 Å². The highest BCUT2D eigenvalue weighted by Crippen LogP contribution is 2.18. The molecule has 0 bridgehead atoms. The Kier molecular flexibility index (Phi) is 4.31. The Morgan fingerprint density at radius 2 is 2.37 bits per heavy atom. The Balaban J connectivity index is 2.07. The summed E-state index contributed by atoms with van der Waals surface area (Å²) in [5.41, 5.74) is 7.58. The van der Waals surface area contributed by atoms with E-state index >= 15 is 0 Å². The summed E-state index contributed by atoms with van der Waals surface area (Å²) in [5.74, 6) is -0.162. The highest BCUT2D eigenvalue weighted by Gasteiger charge is 2.14. The number of carbonyl (C=O) groups is 1. The normalized spacial score (nSPS) is 12.5. The molecular formula is C13H18N4OS. The fourth-order valence-corrected chi connectivity index (χ4v) is 2.15. The predicted octanol–water partition coefficient (Wildman–Crippen LogP) is 2.02. The second kappa shape index (κ2) is 5.97. The van der Waals surface area contributed by atoms with E-state index in [1.54, 1.807) is 23.9 Å². The van der Waals surface area contributed by atoms with Gasteiger partial charge < -0.3 is 11.1 Å². The Bertz CT molecular complexity index is 581. The molecule has 1 amide bonds. The molecule has 0 saturated carbocycles. The summed E-state index contributed by atoms with van der Waals surface area (Å²) in [6, 6.07) is 5.37. The van der Waals surface area contributed by atoms with E-state index in [9.17, 15) is 4.79 Å². The molecule has 1 aromatic heterocycles. The van der Waals surface area contributed by atoms with Crippen molar-refractivity contribution < 1.29 is 4.79 Å². The molecular weight excluding hydrogens is 260 g/mol. The molecule has 6 heteroatoms. The number of benzene rings is 1. The molecule has 102 valence electrons. The van der Waals surface area contributed by atoms with Crippen LogP contribution in [0, 0.1) is 0 Å². The van der Waals surface area contributed by atoms with Crippen LogP contribution in [0.1, 0.15) is 23.8 Å². The molecule has 1 unspecified atom stereocenters. The van der Waals surface area contributed by atoms with Crippen LogP contribution >= 0.6 is 11.8 Å². The zero-order valence-corrected chi connectivity index (χ0v) is 11.9. The van der Waals surface area contributed by atoms with Crippen molar-refractivity contribution in [1.82, 2.24) is 15.5 Å². The van der Waals surface area contributed by atoms with Crippen LogP contribution in [0.3, 0.4) is 0 Å². The van der Waals surface area contributed by atoms with E-state index in [0.29, 0.717) is 23.2 Å². The minimum absolute atomic E-state index is 0.162. The number of H-pyrrole nitrogens is 1. The van der Waals surface area contributed by atoms with Crippen molar-refractivity contribution in [3.8, 4) is 0 Å². The van der Waals surface area contributed by atoms with Crippen LogP contribution in [0.15, 0.2) is 18.2 Å². The van der Waals surface area contributed by atoms with Gasteiger partial charge in [0.05, 0.1) is 5.52 Å². The lowest BCUT2D eigenvalue weighted by molar-refractivity contribution is 0.0950. The topological polar surface area (TPSA) is 83.8 Å². The lowest BCUT2D eigenvalue weighted by Crippen LogP contribution is -2.26. The standard InChI is InChI=1S/C13H18N4OS/c1-8(19-2)5-6-15-13(18)12-10-7-9(14)3-4-11(10)16-17-12/h3-4,7-8H,5-6,14H2,1-2H3,(H,15,18)(H,16,17). The van der Waals surface area contributed by atoms with Gasteiger partial charge in [-0.1, -0.05) is 6.92 Å². The van der Waals surface area contributed by atoms with Crippen molar-refractivity contribution in [1.29, 1.82) is 0 Å². The molecule has 5 nitrogen and oxygen atoms in total. The number of hydrogen-bond donors (Lipinski definition) is 3. The predicted molar refractivity (Wildman–Crippen MR) is 80.4 cm³/mol. The number of aromatic amines is 1. The number of nitrogens with zero attached hydrogens (tertiary/aromatic N) is 1. The summed E-state index contributed by atoms with van der Waals surface area (Å²) in [4.78, 5) is 12.1. The fourth-order valence-electron chi connectivity index (χ4n) is 1.80. The number of nitrogens with one attached hydrogen (secondary N) is 2. The van der Waals surface area contributed by atoms with E-state index in [2.05, 4.69) is 28.7 Å². The van der Waals surface area contributed by atoms with Crippen LogP contribution < -0.4 is 11.1 Å². The first kappa shape index (κ1) is 13.7. The van der Waals surface area contributed by atoms with Crippen LogP contribution in [0.2, 0.25) is 0 Å². The van der Waals surface area contributed by atoms with E-state index in [1.807, 2.05) is 6.07 Å². The maximum absolute atomic E-state index is 12.1. The summed E-state index contributed by atoms with van der Waals surface area (Å²) in [6.45, 7) is 2.79. The van der Waals surface area contributed by atoms with Gasteiger partial charge in [0.1, 0.15) is 0 Å². The molecule has 1 heterocycles. The Hall–Kier alpha value is -1.69. The van der Waals surface area contributed by atoms with Crippen molar-refractivity contribution in [2.24, 2.45) is 0 Å². The second-order valence-corrected chi connectivity index (χ2v) is 5.74. The van der Waals surface area contributed by atoms with Gasteiger partial charge in [-0.05, 0) is 30.9 Å². The van der Waals surface area contributed by atoms with Gasteiger partial charge in [0, 0.05) is 22.9 Å². The number of amides is 1. The third-order valence-corrected chi connectivity index (χ3v) is 4.08. The molecule has 2 aromatic rings. The number of anilines is 1. The van der Waals surface area contributed by atoms with Crippen molar-refractivity contribution in [3.63, 3.8) is 0 Å². The molecule has 0 aliphatic heterocycles. The largest absolute Gasteiger partial charge is 0.399 e. The average molecular weight is 278 g/mol. The lowest BCUT2D eigenvalue weighted by Gasteiger charge is -2.08. The van der Waals surface area contributed by atoms with Gasteiger partial charge in [0.2, 0.25) is 0 Å². The van der Waals surface area contributed by atoms with Crippen LogP contribution in [-0.2, 0) is 0 Å². The molecule has 4 N–H and O–H groups in total. The summed E-state index contributed by atoms with van der Waals surface area (Å²) >= 11 is 1.79. The molecule has 0 spiro atoms. The smallest absolute Gasteiger partial charge is 0.272 e. The zero-order chi connectivity index (χ0) is 13.8. The maximum atomic E-state index is 12.1. The zero-order valence-electron chi connectivity index (χ0n) is 11.1. The van der Waals surface area contributed by atoms with Gasteiger partial charge >= 0.3 is 0 Å². The molecule has 0 radical (unpaired) electrons. The lowest BCUT2D eigenvalue weighted by atomic mass is 10.2. The second-order valence-electron chi connectivity index (χ2n) is 4.47. The molecule has 0 aliphatic carbocycles. The SMILES string of the molecule is CSC(C)CCNC(=O)c1n[nH]c2ccc(N)cc12. The molecule has 2 rings (SSSR count). The Labute approximate surface area is 116 Å². The minimum atomic E-state index is -0.162. The number of fused-ring (bicyclic) bond motifs is 1. The number of aromatic nitrogens is 2. The number of thioether (sulfide) groups is 1. The van der Waals surface area contributed by atoms with Crippen LogP contribution in [0.4, 0.5) is 5.69 Å². The van der Waals surface area contributed by atoms with Crippen molar-refractivity contribution in [3.05, 3.63) is 23.9 Å². The van der Waals surface area contributed by atoms with Crippen LogP contribution in [0.5, 0.6) is 0 Å². The third-order valence-electron chi connectivity index (χ3n) is 3.04. The van der Waals surface area contributed by atoms with Crippen LogP contribution in [0.25, 0.3) is 10.9 Å². The van der Waals surface area contributed by atoms with Crippen LogP contribution in [-0.4, -0.2) is 34.2 Å². The van der Waals surface area contributed by atoms with Crippen molar-refractivity contribution >= 4 is 34.3 Å². The molecule has 0 aliphatic rings. The summed E-state index contributed by atoms with van der Waals surface area (Å²) in [5, 5.41) is 11.1. The van der Waals surface area contributed by atoms with E-state index in [1.165, 1.54) is 0 Å². The highest BCUT2D eigenvalue weighted by molar-refractivity contribution is 7.99. The van der Waals surface area contributed by atoms with E-state index in [4.69, 9.17) is 5.73 Å². The average Bonchev–Trinajstić information content (AvgIpc) is 2.81. The first-order valence-electron chi connectivity index (χ1n) is 6.16. The number of nitrogen functional groups attached to an aromatic ring is 1. The van der Waals surface area contributed by atoms with Gasteiger partial charge in [-0.3, -0.25) is 9.89 Å². The molecule has 0 fully saturated rings. The van der Waals surface area contributed by atoms with E-state index in [-0.39, 0.29) is 5.91 Å². The highest BCUT2D eigenvalue weighted by atomic mass is 32.2. The summed E-state index contributed by atoms with van der Waals surface area (Å²) in [7, 11) is 0. The maximum Gasteiger partial charge on any atom is 0.272 e. The fraction of sp³-hybridized carbons (Fsp3) is 0.385. The van der Waals surface area contributed by atoms with Crippen molar-refractivity contribution in [2.45, 2.75) is 18.6 Å². The summed E-state index contributed by atoms with van der Waals surface area (Å²) in [6.07, 6.45) is 3.01. The van der Waals surface area contributed by atoms with Gasteiger partial charge in [0.15, 0.2) is 5.69 Å². The van der Waals surface area contributed by atoms with Crippen molar-refractivity contribution in [2.75, 3.05) is 18.5 Å². The first-order chi connectivity index (χ1) is 9.11. The third kappa shape index (κ3) is 3.20. The van der Waals surface area contributed by atoms with E-state index in [0.717, 1.165) is 17.3 Å². The number of carbonyl (C=O) groups excluding carboxylic acids is 1.